The second-order valence-electron chi connectivity index (χ2n) is 8.37. The van der Waals surface area contributed by atoms with E-state index in [1.165, 1.54) is 5.56 Å². The van der Waals surface area contributed by atoms with E-state index in [1.54, 1.807) is 23.1 Å². The minimum absolute atomic E-state index is 0.0419. The van der Waals surface area contributed by atoms with Gasteiger partial charge in [-0.05, 0) is 61.2 Å². The predicted octanol–water partition coefficient (Wildman–Crippen LogP) is 4.61. The first-order valence-electron chi connectivity index (χ1n) is 11.3. The van der Waals surface area contributed by atoms with Gasteiger partial charge in [-0.25, -0.2) is 4.79 Å². The van der Waals surface area contributed by atoms with E-state index in [0.29, 0.717) is 30.8 Å². The fourth-order valence-electron chi connectivity index (χ4n) is 4.10. The summed E-state index contributed by atoms with van der Waals surface area (Å²) in [6, 6.07) is 22.8. The SMILES string of the molecule is Cc1cccc(CN2CCCN(c3cccc(C(=O)Nc4ccc(CCO)cc4)c3)C2=O)c1. The van der Waals surface area contributed by atoms with Gasteiger partial charge in [0, 0.05) is 43.2 Å². The molecule has 1 saturated heterocycles. The molecule has 170 valence electrons. The summed E-state index contributed by atoms with van der Waals surface area (Å²) in [7, 11) is 0. The lowest BCUT2D eigenvalue weighted by molar-refractivity contribution is 0.102. The highest BCUT2D eigenvalue weighted by molar-refractivity contribution is 6.05. The molecule has 3 aromatic carbocycles. The van der Waals surface area contributed by atoms with Crippen LogP contribution in [-0.4, -0.2) is 41.6 Å². The number of hydrogen-bond acceptors (Lipinski definition) is 3. The van der Waals surface area contributed by atoms with Crippen LogP contribution in [0.3, 0.4) is 0 Å². The quantitative estimate of drug-likeness (QED) is 0.560. The van der Waals surface area contributed by atoms with E-state index in [4.69, 9.17) is 5.11 Å². The number of aliphatic hydroxyl groups excluding tert-OH is 1. The maximum absolute atomic E-state index is 13.2. The smallest absolute Gasteiger partial charge is 0.324 e. The van der Waals surface area contributed by atoms with E-state index in [9.17, 15) is 9.59 Å². The number of hydrogen-bond donors (Lipinski definition) is 2. The highest BCUT2D eigenvalue weighted by atomic mass is 16.3. The van der Waals surface area contributed by atoms with Crippen molar-refractivity contribution in [2.75, 3.05) is 29.9 Å². The summed E-state index contributed by atoms with van der Waals surface area (Å²) in [6.45, 7) is 4.06. The Hall–Kier alpha value is -3.64. The van der Waals surface area contributed by atoms with Crippen molar-refractivity contribution in [3.8, 4) is 0 Å². The average molecular weight is 444 g/mol. The standard InChI is InChI=1S/C27H29N3O3/c1-20-5-2-6-22(17-20)19-29-14-4-15-30(27(29)33)25-8-3-7-23(18-25)26(32)28-24-11-9-21(10-12-24)13-16-31/h2-3,5-12,17-18,31H,4,13-16,19H2,1H3,(H,28,32). The lowest BCUT2D eigenvalue weighted by Gasteiger charge is -2.36. The monoisotopic (exact) mass is 443 g/mol. The molecule has 0 bridgehead atoms. The molecule has 0 aromatic heterocycles. The zero-order chi connectivity index (χ0) is 23.2. The molecule has 0 aliphatic carbocycles. The highest BCUT2D eigenvalue weighted by Gasteiger charge is 2.27. The van der Waals surface area contributed by atoms with Crippen LogP contribution in [-0.2, 0) is 13.0 Å². The van der Waals surface area contributed by atoms with E-state index in [0.717, 1.165) is 29.8 Å². The Labute approximate surface area is 194 Å². The van der Waals surface area contributed by atoms with Gasteiger partial charge < -0.3 is 15.3 Å². The molecule has 4 rings (SSSR count). The topological polar surface area (TPSA) is 72.9 Å². The molecule has 33 heavy (non-hydrogen) atoms. The third-order valence-corrected chi connectivity index (χ3v) is 5.80. The van der Waals surface area contributed by atoms with Crippen LogP contribution in [0.5, 0.6) is 0 Å². The van der Waals surface area contributed by atoms with Crippen molar-refractivity contribution in [2.24, 2.45) is 0 Å². The molecule has 3 amide bonds. The third kappa shape index (κ3) is 5.59. The molecule has 1 heterocycles. The Morgan fingerprint density at radius 3 is 2.52 bits per heavy atom. The van der Waals surface area contributed by atoms with Crippen LogP contribution in [0.4, 0.5) is 16.2 Å². The molecule has 1 fully saturated rings. The third-order valence-electron chi connectivity index (χ3n) is 5.80. The number of rotatable bonds is 7. The summed E-state index contributed by atoms with van der Waals surface area (Å²) in [5.74, 6) is -0.229. The molecule has 0 atom stereocenters. The molecule has 6 heteroatoms. The van der Waals surface area contributed by atoms with Crippen molar-refractivity contribution in [1.29, 1.82) is 0 Å². The predicted molar refractivity (Wildman–Crippen MR) is 131 cm³/mol. The van der Waals surface area contributed by atoms with Gasteiger partial charge in [-0.3, -0.25) is 9.69 Å². The number of benzene rings is 3. The number of nitrogens with zero attached hydrogens (tertiary/aromatic N) is 2. The van der Waals surface area contributed by atoms with Crippen molar-refractivity contribution >= 4 is 23.3 Å². The number of aliphatic hydroxyl groups is 1. The maximum atomic E-state index is 13.2. The Kier molecular flexibility index (Phi) is 7.05. The highest BCUT2D eigenvalue weighted by Crippen LogP contribution is 2.23. The van der Waals surface area contributed by atoms with Gasteiger partial charge in [0.2, 0.25) is 0 Å². The van der Waals surface area contributed by atoms with E-state index in [1.807, 2.05) is 60.4 Å². The average Bonchev–Trinajstić information content (AvgIpc) is 2.82. The summed E-state index contributed by atoms with van der Waals surface area (Å²) in [4.78, 5) is 29.6. The van der Waals surface area contributed by atoms with Crippen molar-refractivity contribution in [3.05, 3.63) is 95.1 Å². The largest absolute Gasteiger partial charge is 0.396 e. The molecular formula is C27H29N3O3. The van der Waals surface area contributed by atoms with Crippen molar-refractivity contribution in [3.63, 3.8) is 0 Å². The van der Waals surface area contributed by atoms with Crippen LogP contribution in [0.2, 0.25) is 0 Å². The van der Waals surface area contributed by atoms with Crippen molar-refractivity contribution < 1.29 is 14.7 Å². The maximum Gasteiger partial charge on any atom is 0.324 e. The fourth-order valence-corrected chi connectivity index (χ4v) is 4.10. The summed E-state index contributed by atoms with van der Waals surface area (Å²) in [6.07, 6.45) is 1.45. The van der Waals surface area contributed by atoms with Crippen LogP contribution >= 0.6 is 0 Å². The number of nitrogens with one attached hydrogen (secondary N) is 1. The summed E-state index contributed by atoms with van der Waals surface area (Å²) < 4.78 is 0. The van der Waals surface area contributed by atoms with Crippen LogP contribution in [0.1, 0.15) is 33.5 Å². The molecule has 0 unspecified atom stereocenters. The summed E-state index contributed by atoms with van der Waals surface area (Å²) >= 11 is 0. The van der Waals surface area contributed by atoms with Gasteiger partial charge in [-0.2, -0.15) is 0 Å². The van der Waals surface area contributed by atoms with Gasteiger partial charge in [-0.15, -0.1) is 0 Å². The molecule has 0 radical (unpaired) electrons. The molecule has 3 aromatic rings. The molecule has 1 aliphatic heterocycles. The van der Waals surface area contributed by atoms with Gasteiger partial charge in [0.15, 0.2) is 0 Å². The van der Waals surface area contributed by atoms with Gasteiger partial charge in [0.05, 0.1) is 0 Å². The Bertz CT molecular complexity index is 1130. The van der Waals surface area contributed by atoms with Crippen LogP contribution in [0.15, 0.2) is 72.8 Å². The molecule has 0 spiro atoms. The number of amides is 3. The van der Waals surface area contributed by atoms with Crippen molar-refractivity contribution in [2.45, 2.75) is 26.3 Å². The molecule has 6 nitrogen and oxygen atoms in total. The Morgan fingerprint density at radius 1 is 0.970 bits per heavy atom. The zero-order valence-corrected chi connectivity index (χ0v) is 18.8. The van der Waals surface area contributed by atoms with Gasteiger partial charge in [0.25, 0.3) is 5.91 Å². The number of urea groups is 1. The number of carbonyl (C=O) groups is 2. The summed E-state index contributed by atoms with van der Waals surface area (Å²) in [5, 5.41) is 11.9. The minimum Gasteiger partial charge on any atom is -0.396 e. The second kappa shape index (κ2) is 10.3. The first-order valence-corrected chi connectivity index (χ1v) is 11.3. The number of anilines is 2. The molecule has 2 N–H and O–H groups in total. The molecular weight excluding hydrogens is 414 g/mol. The summed E-state index contributed by atoms with van der Waals surface area (Å²) in [5.41, 5.74) is 5.20. The zero-order valence-electron chi connectivity index (χ0n) is 18.8. The molecule has 1 aliphatic rings. The van der Waals surface area contributed by atoms with Crippen molar-refractivity contribution in [1.82, 2.24) is 4.90 Å². The van der Waals surface area contributed by atoms with Crippen LogP contribution in [0, 0.1) is 6.92 Å². The van der Waals surface area contributed by atoms with E-state index in [2.05, 4.69) is 11.4 Å². The lowest BCUT2D eigenvalue weighted by atomic mass is 10.1. The van der Waals surface area contributed by atoms with E-state index in [-0.39, 0.29) is 18.5 Å². The normalized spacial score (nSPS) is 13.8. The second-order valence-corrected chi connectivity index (χ2v) is 8.37. The van der Waals surface area contributed by atoms with Crippen LogP contribution < -0.4 is 10.2 Å². The fraction of sp³-hybridized carbons (Fsp3) is 0.259. The van der Waals surface area contributed by atoms with Gasteiger partial charge in [-0.1, -0.05) is 48.0 Å². The van der Waals surface area contributed by atoms with E-state index >= 15 is 0 Å². The van der Waals surface area contributed by atoms with Crippen LogP contribution in [0.25, 0.3) is 0 Å². The van der Waals surface area contributed by atoms with Gasteiger partial charge >= 0.3 is 6.03 Å². The lowest BCUT2D eigenvalue weighted by Crippen LogP contribution is -2.49. The first kappa shape index (κ1) is 22.6. The molecule has 0 saturated carbocycles. The first-order chi connectivity index (χ1) is 16.0. The Morgan fingerprint density at radius 2 is 1.76 bits per heavy atom. The minimum atomic E-state index is -0.229. The number of aryl methyl sites for hydroxylation is 1. The number of carbonyl (C=O) groups excluding carboxylic acids is 2. The van der Waals surface area contributed by atoms with E-state index < -0.39 is 0 Å². The Balaban J connectivity index is 1.45. The van der Waals surface area contributed by atoms with Gasteiger partial charge in [0.1, 0.15) is 0 Å².